The molecule has 2 unspecified atom stereocenters. The largest absolute Gasteiger partial charge is 0.339 e. The summed E-state index contributed by atoms with van der Waals surface area (Å²) in [5.41, 5.74) is 7.20. The Balaban J connectivity index is 1.74. The van der Waals surface area contributed by atoms with Crippen LogP contribution in [0.2, 0.25) is 0 Å². The number of benzene rings is 2. The second kappa shape index (κ2) is 5.61. The van der Waals surface area contributed by atoms with E-state index >= 15 is 0 Å². The second-order valence-corrected chi connectivity index (χ2v) is 5.36. The van der Waals surface area contributed by atoms with Gasteiger partial charge in [0.2, 0.25) is 5.91 Å². The third-order valence-corrected chi connectivity index (χ3v) is 3.80. The Kier molecular flexibility index (Phi) is 3.67. The van der Waals surface area contributed by atoms with Gasteiger partial charge in [0, 0.05) is 12.5 Å². The zero-order chi connectivity index (χ0) is 13.9. The summed E-state index contributed by atoms with van der Waals surface area (Å²) in [5.74, 6) is 0.445. The van der Waals surface area contributed by atoms with Crippen molar-refractivity contribution in [3.63, 3.8) is 0 Å². The number of hydrogen-bond donors (Lipinski definition) is 3. The molecule has 0 aliphatic carbocycles. The fraction of sp³-hybridized carbons (Fsp3) is 0.312. The second-order valence-electron chi connectivity index (χ2n) is 5.36. The molecule has 2 aromatic carbocycles. The average Bonchev–Trinajstić information content (AvgIpc) is 2.85. The third-order valence-electron chi connectivity index (χ3n) is 3.80. The van der Waals surface area contributed by atoms with Crippen molar-refractivity contribution in [2.75, 3.05) is 6.54 Å². The number of carbonyl (C=O) groups excluding carboxylic acids is 1. The van der Waals surface area contributed by atoms with Crippen LogP contribution in [0.5, 0.6) is 0 Å². The summed E-state index contributed by atoms with van der Waals surface area (Å²) in [6, 6.07) is 14.3. The molecule has 0 radical (unpaired) electrons. The first-order chi connectivity index (χ1) is 9.74. The monoisotopic (exact) mass is 269 g/mol. The zero-order valence-electron chi connectivity index (χ0n) is 11.5. The lowest BCUT2D eigenvalue weighted by Gasteiger charge is -2.16. The first-order valence-corrected chi connectivity index (χ1v) is 6.98. The minimum absolute atomic E-state index is 0.0116. The van der Waals surface area contributed by atoms with Gasteiger partial charge in [-0.1, -0.05) is 49.4 Å². The number of fused-ring (bicyclic) bond motifs is 1. The molecule has 104 valence electrons. The van der Waals surface area contributed by atoms with Crippen LogP contribution in [-0.2, 0) is 11.2 Å². The van der Waals surface area contributed by atoms with E-state index in [0.29, 0.717) is 12.3 Å². The molecule has 0 bridgehead atoms. The Morgan fingerprint density at radius 1 is 1.25 bits per heavy atom. The SMILES string of the molecule is CC1CNNC1NC(=O)Cc1cccc2ccccc12. The van der Waals surface area contributed by atoms with Crippen molar-refractivity contribution >= 4 is 16.7 Å². The van der Waals surface area contributed by atoms with Crippen molar-refractivity contribution in [1.82, 2.24) is 16.2 Å². The molecule has 1 heterocycles. The van der Waals surface area contributed by atoms with Gasteiger partial charge in [0.15, 0.2) is 0 Å². The van der Waals surface area contributed by atoms with E-state index in [2.05, 4.69) is 41.3 Å². The molecular weight excluding hydrogens is 250 g/mol. The van der Waals surface area contributed by atoms with Gasteiger partial charge in [-0.25, -0.2) is 5.43 Å². The van der Waals surface area contributed by atoms with Gasteiger partial charge in [-0.2, -0.15) is 0 Å². The Hall–Kier alpha value is -1.91. The molecular formula is C16H19N3O. The van der Waals surface area contributed by atoms with Crippen LogP contribution in [-0.4, -0.2) is 18.6 Å². The lowest BCUT2D eigenvalue weighted by molar-refractivity contribution is -0.121. The number of carbonyl (C=O) groups is 1. The number of hydrogen-bond acceptors (Lipinski definition) is 3. The molecule has 0 saturated carbocycles. The molecule has 3 rings (SSSR count). The van der Waals surface area contributed by atoms with E-state index in [-0.39, 0.29) is 12.1 Å². The van der Waals surface area contributed by atoms with Crippen LogP contribution in [0.25, 0.3) is 10.8 Å². The molecule has 4 heteroatoms. The predicted octanol–water partition coefficient (Wildman–Crippen LogP) is 1.57. The van der Waals surface area contributed by atoms with Crippen LogP contribution in [0.1, 0.15) is 12.5 Å². The van der Waals surface area contributed by atoms with E-state index in [4.69, 9.17) is 0 Å². The smallest absolute Gasteiger partial charge is 0.225 e. The van der Waals surface area contributed by atoms with Crippen molar-refractivity contribution in [2.24, 2.45) is 5.92 Å². The van der Waals surface area contributed by atoms with Crippen LogP contribution in [0.4, 0.5) is 0 Å². The zero-order valence-corrected chi connectivity index (χ0v) is 11.5. The van der Waals surface area contributed by atoms with Gasteiger partial charge in [0.05, 0.1) is 12.6 Å². The summed E-state index contributed by atoms with van der Waals surface area (Å²) in [7, 11) is 0. The van der Waals surface area contributed by atoms with E-state index in [9.17, 15) is 4.79 Å². The van der Waals surface area contributed by atoms with Gasteiger partial charge in [0.25, 0.3) is 0 Å². The lowest BCUT2D eigenvalue weighted by Crippen LogP contribution is -2.46. The third kappa shape index (κ3) is 2.66. The maximum absolute atomic E-state index is 12.2. The average molecular weight is 269 g/mol. The molecule has 3 N–H and O–H groups in total. The highest BCUT2D eigenvalue weighted by atomic mass is 16.1. The molecule has 20 heavy (non-hydrogen) atoms. The van der Waals surface area contributed by atoms with Crippen molar-refractivity contribution in [1.29, 1.82) is 0 Å². The van der Waals surface area contributed by atoms with Crippen molar-refractivity contribution in [3.8, 4) is 0 Å². The highest BCUT2D eigenvalue weighted by molar-refractivity contribution is 5.90. The number of nitrogens with one attached hydrogen (secondary N) is 3. The van der Waals surface area contributed by atoms with Gasteiger partial charge >= 0.3 is 0 Å². The normalized spacial score (nSPS) is 22.1. The maximum Gasteiger partial charge on any atom is 0.225 e. The molecule has 4 nitrogen and oxygen atoms in total. The Morgan fingerprint density at radius 3 is 2.85 bits per heavy atom. The maximum atomic E-state index is 12.2. The van der Waals surface area contributed by atoms with Crippen molar-refractivity contribution in [2.45, 2.75) is 19.5 Å². The van der Waals surface area contributed by atoms with Crippen LogP contribution in [0.15, 0.2) is 42.5 Å². The molecule has 1 amide bonds. The highest BCUT2D eigenvalue weighted by Gasteiger charge is 2.24. The first-order valence-electron chi connectivity index (χ1n) is 6.98. The standard InChI is InChI=1S/C16H19N3O/c1-11-10-17-19-16(11)18-15(20)9-13-7-4-6-12-5-2-3-8-14(12)13/h2-8,11,16-17,19H,9-10H2,1H3,(H,18,20). The molecule has 0 aromatic heterocycles. The quantitative estimate of drug-likeness (QED) is 0.793. The molecule has 2 aromatic rings. The van der Waals surface area contributed by atoms with Gasteiger partial charge in [0.1, 0.15) is 0 Å². The fourth-order valence-corrected chi connectivity index (χ4v) is 2.61. The predicted molar refractivity (Wildman–Crippen MR) is 79.9 cm³/mol. The lowest BCUT2D eigenvalue weighted by atomic mass is 10.0. The first kappa shape index (κ1) is 13.1. The van der Waals surface area contributed by atoms with Crippen LogP contribution in [0, 0.1) is 5.92 Å². The van der Waals surface area contributed by atoms with E-state index in [1.807, 2.05) is 24.3 Å². The van der Waals surface area contributed by atoms with Gasteiger partial charge < -0.3 is 5.32 Å². The van der Waals surface area contributed by atoms with E-state index in [0.717, 1.165) is 17.5 Å². The van der Waals surface area contributed by atoms with E-state index in [1.165, 1.54) is 5.39 Å². The summed E-state index contributed by atoms with van der Waals surface area (Å²) < 4.78 is 0. The topological polar surface area (TPSA) is 53.2 Å². The Labute approximate surface area is 118 Å². The van der Waals surface area contributed by atoms with Gasteiger partial charge in [-0.05, 0) is 16.3 Å². The highest BCUT2D eigenvalue weighted by Crippen LogP contribution is 2.19. The fourth-order valence-electron chi connectivity index (χ4n) is 2.61. The van der Waals surface area contributed by atoms with Crippen LogP contribution < -0.4 is 16.2 Å². The molecule has 2 atom stereocenters. The minimum Gasteiger partial charge on any atom is -0.339 e. The van der Waals surface area contributed by atoms with E-state index < -0.39 is 0 Å². The molecule has 1 fully saturated rings. The Morgan fingerprint density at radius 2 is 2.05 bits per heavy atom. The van der Waals surface area contributed by atoms with E-state index in [1.54, 1.807) is 0 Å². The van der Waals surface area contributed by atoms with Crippen LogP contribution >= 0.6 is 0 Å². The Bertz CT molecular complexity index is 621. The van der Waals surface area contributed by atoms with Gasteiger partial charge in [-0.3, -0.25) is 10.2 Å². The molecule has 1 aliphatic rings. The summed E-state index contributed by atoms with van der Waals surface area (Å²) in [5, 5.41) is 5.35. The summed E-state index contributed by atoms with van der Waals surface area (Å²) >= 11 is 0. The van der Waals surface area contributed by atoms with Crippen molar-refractivity contribution in [3.05, 3.63) is 48.0 Å². The minimum atomic E-state index is 0.0116. The molecule has 1 aliphatic heterocycles. The van der Waals surface area contributed by atoms with Gasteiger partial charge in [-0.15, -0.1) is 0 Å². The summed E-state index contributed by atoms with van der Waals surface area (Å²) in [6.45, 7) is 2.98. The number of hydrazine groups is 1. The number of amides is 1. The summed E-state index contributed by atoms with van der Waals surface area (Å²) in [4.78, 5) is 12.2. The molecule has 0 spiro atoms. The number of rotatable bonds is 3. The summed E-state index contributed by atoms with van der Waals surface area (Å²) in [6.07, 6.45) is 0.421. The molecule has 1 saturated heterocycles. The van der Waals surface area contributed by atoms with Crippen LogP contribution in [0.3, 0.4) is 0 Å². The van der Waals surface area contributed by atoms with Crippen molar-refractivity contribution < 1.29 is 4.79 Å².